The minimum atomic E-state index is -1.25. The van der Waals surface area contributed by atoms with Gasteiger partial charge in [-0.15, -0.1) is 0 Å². The van der Waals surface area contributed by atoms with E-state index in [1.807, 2.05) is 18.2 Å². The van der Waals surface area contributed by atoms with Crippen LogP contribution in [-0.2, 0) is 6.54 Å². The van der Waals surface area contributed by atoms with E-state index in [0.29, 0.717) is 13.1 Å². The molecule has 1 unspecified atom stereocenters. The van der Waals surface area contributed by atoms with Crippen molar-refractivity contribution in [1.82, 2.24) is 24.4 Å². The fourth-order valence-corrected chi connectivity index (χ4v) is 4.04. The molecule has 1 saturated heterocycles. The zero-order valence-electron chi connectivity index (χ0n) is 16.3. The fraction of sp³-hybridized carbons (Fsp3) is 0.381. The number of aromatic nitrogens is 4. The van der Waals surface area contributed by atoms with Crippen LogP contribution in [0.15, 0.2) is 36.7 Å². The van der Waals surface area contributed by atoms with Crippen molar-refractivity contribution in [3.8, 4) is 0 Å². The molecule has 0 bridgehead atoms. The number of carbonyl (C=O) groups is 2. The fourth-order valence-electron chi connectivity index (χ4n) is 4.04. The molecule has 1 aliphatic rings. The lowest BCUT2D eigenvalue weighted by Crippen LogP contribution is -2.40. The molecular formula is C21H23N5O3. The average Bonchev–Trinajstić information content (AvgIpc) is 3.12. The third kappa shape index (κ3) is 3.57. The lowest BCUT2D eigenvalue weighted by molar-refractivity contribution is 0.0647. The molecule has 0 spiro atoms. The summed E-state index contributed by atoms with van der Waals surface area (Å²) in [6.07, 6.45) is 5.38. The Bertz CT molecular complexity index is 1060. The summed E-state index contributed by atoms with van der Waals surface area (Å²) in [6, 6.07) is 8.08. The standard InChI is InChI=1S/C21H23N5O3/c1-2-11-26-16-8-4-3-7-15(16)24-19(26)14-6-5-12-25(13-14)20(27)17-18(21(28)29)23-10-9-22-17/h3-4,7-10,14H,2,5-6,11-13H2,1H3,(H,28,29). The zero-order valence-corrected chi connectivity index (χ0v) is 16.3. The smallest absolute Gasteiger partial charge is 0.356 e. The first-order chi connectivity index (χ1) is 14.1. The summed E-state index contributed by atoms with van der Waals surface area (Å²) in [7, 11) is 0. The minimum absolute atomic E-state index is 0.0941. The molecule has 2 aromatic heterocycles. The van der Waals surface area contributed by atoms with Crippen molar-refractivity contribution in [2.45, 2.75) is 38.6 Å². The second-order valence-corrected chi connectivity index (χ2v) is 7.26. The van der Waals surface area contributed by atoms with Gasteiger partial charge in [0.15, 0.2) is 11.4 Å². The van der Waals surface area contributed by atoms with E-state index in [4.69, 9.17) is 4.98 Å². The Balaban J connectivity index is 1.64. The van der Waals surface area contributed by atoms with E-state index >= 15 is 0 Å². The van der Waals surface area contributed by atoms with Gasteiger partial charge < -0.3 is 14.6 Å². The zero-order chi connectivity index (χ0) is 20.4. The Morgan fingerprint density at radius 2 is 1.93 bits per heavy atom. The number of carboxylic acids is 1. The van der Waals surface area contributed by atoms with Crippen LogP contribution in [0, 0.1) is 0 Å². The van der Waals surface area contributed by atoms with Crippen LogP contribution in [0.4, 0.5) is 0 Å². The number of likely N-dealkylation sites (tertiary alicyclic amines) is 1. The number of rotatable bonds is 5. The molecular weight excluding hydrogens is 370 g/mol. The summed E-state index contributed by atoms with van der Waals surface area (Å²) >= 11 is 0. The van der Waals surface area contributed by atoms with Crippen molar-refractivity contribution < 1.29 is 14.7 Å². The number of imidazole rings is 1. The molecule has 0 aliphatic carbocycles. The summed E-state index contributed by atoms with van der Waals surface area (Å²) in [5.74, 6) is -0.558. The number of benzene rings is 1. The molecule has 1 N–H and O–H groups in total. The molecule has 3 aromatic rings. The van der Waals surface area contributed by atoms with Crippen molar-refractivity contribution in [2.24, 2.45) is 0 Å². The number of piperidine rings is 1. The highest BCUT2D eigenvalue weighted by Crippen LogP contribution is 2.30. The van der Waals surface area contributed by atoms with Crippen LogP contribution in [0.25, 0.3) is 11.0 Å². The van der Waals surface area contributed by atoms with Crippen LogP contribution < -0.4 is 0 Å². The van der Waals surface area contributed by atoms with Gasteiger partial charge in [-0.3, -0.25) is 4.79 Å². The third-order valence-electron chi connectivity index (χ3n) is 5.31. The maximum Gasteiger partial charge on any atom is 0.356 e. The summed E-state index contributed by atoms with van der Waals surface area (Å²) in [5, 5.41) is 9.33. The van der Waals surface area contributed by atoms with Gasteiger partial charge in [0.25, 0.3) is 5.91 Å². The molecule has 1 amide bonds. The summed E-state index contributed by atoms with van der Waals surface area (Å²) < 4.78 is 2.25. The molecule has 29 heavy (non-hydrogen) atoms. The van der Waals surface area contributed by atoms with E-state index in [9.17, 15) is 14.7 Å². The first kappa shape index (κ1) is 19.0. The number of aryl methyl sites for hydroxylation is 1. The predicted molar refractivity (Wildman–Crippen MR) is 107 cm³/mol. The van der Waals surface area contributed by atoms with Gasteiger partial charge in [0.05, 0.1) is 11.0 Å². The van der Waals surface area contributed by atoms with Crippen LogP contribution in [0.3, 0.4) is 0 Å². The third-order valence-corrected chi connectivity index (χ3v) is 5.31. The molecule has 150 valence electrons. The summed E-state index contributed by atoms with van der Waals surface area (Å²) in [5.41, 5.74) is 1.65. The van der Waals surface area contributed by atoms with Gasteiger partial charge in [-0.2, -0.15) is 0 Å². The molecule has 0 saturated carbocycles. The number of nitrogens with zero attached hydrogens (tertiary/aromatic N) is 5. The summed E-state index contributed by atoms with van der Waals surface area (Å²) in [4.78, 5) is 38.8. The molecule has 3 heterocycles. The number of amides is 1. The van der Waals surface area contributed by atoms with E-state index in [-0.39, 0.29) is 17.3 Å². The monoisotopic (exact) mass is 393 g/mol. The minimum Gasteiger partial charge on any atom is -0.476 e. The number of fused-ring (bicyclic) bond motifs is 1. The number of carbonyl (C=O) groups excluding carboxylic acids is 1. The SMILES string of the molecule is CCCn1c(C2CCCN(C(=O)c3nccnc3C(=O)O)C2)nc2ccccc21. The number of para-hydroxylation sites is 2. The van der Waals surface area contributed by atoms with Gasteiger partial charge in [-0.1, -0.05) is 19.1 Å². The van der Waals surface area contributed by atoms with Gasteiger partial charge >= 0.3 is 5.97 Å². The van der Waals surface area contributed by atoms with Crippen LogP contribution >= 0.6 is 0 Å². The molecule has 1 fully saturated rings. The van der Waals surface area contributed by atoms with E-state index in [1.54, 1.807) is 4.90 Å². The molecule has 8 heteroatoms. The molecule has 0 radical (unpaired) electrons. The largest absolute Gasteiger partial charge is 0.476 e. The molecule has 1 atom stereocenters. The quantitative estimate of drug-likeness (QED) is 0.715. The molecule has 1 aliphatic heterocycles. The van der Waals surface area contributed by atoms with Crippen molar-refractivity contribution in [2.75, 3.05) is 13.1 Å². The van der Waals surface area contributed by atoms with Crippen LogP contribution in [0.2, 0.25) is 0 Å². The maximum atomic E-state index is 13.0. The Morgan fingerprint density at radius 1 is 1.17 bits per heavy atom. The van der Waals surface area contributed by atoms with E-state index < -0.39 is 11.9 Å². The molecule has 8 nitrogen and oxygen atoms in total. The number of carboxylic acid groups (broad SMARTS) is 1. The highest BCUT2D eigenvalue weighted by atomic mass is 16.4. The molecule has 1 aromatic carbocycles. The normalized spacial score (nSPS) is 16.9. The maximum absolute atomic E-state index is 13.0. The van der Waals surface area contributed by atoms with Gasteiger partial charge in [0.2, 0.25) is 0 Å². The van der Waals surface area contributed by atoms with Crippen molar-refractivity contribution in [1.29, 1.82) is 0 Å². The topological polar surface area (TPSA) is 101 Å². The summed E-state index contributed by atoms with van der Waals surface area (Å²) in [6.45, 7) is 4.06. The Kier molecular flexibility index (Phi) is 5.24. The van der Waals surface area contributed by atoms with Crippen molar-refractivity contribution >= 4 is 22.9 Å². The average molecular weight is 393 g/mol. The Labute approximate surface area is 168 Å². The lowest BCUT2D eigenvalue weighted by Gasteiger charge is -2.32. The lowest BCUT2D eigenvalue weighted by atomic mass is 9.96. The van der Waals surface area contributed by atoms with Gasteiger partial charge in [0.1, 0.15) is 5.82 Å². The first-order valence-electron chi connectivity index (χ1n) is 9.89. The van der Waals surface area contributed by atoms with Gasteiger partial charge in [-0.05, 0) is 31.4 Å². The van der Waals surface area contributed by atoms with E-state index in [1.165, 1.54) is 12.4 Å². The van der Waals surface area contributed by atoms with E-state index in [0.717, 1.165) is 42.7 Å². The highest BCUT2D eigenvalue weighted by molar-refractivity contribution is 6.02. The Hall–Kier alpha value is -3.29. The Morgan fingerprint density at radius 3 is 2.69 bits per heavy atom. The van der Waals surface area contributed by atoms with Gasteiger partial charge in [0, 0.05) is 37.9 Å². The first-order valence-corrected chi connectivity index (χ1v) is 9.89. The van der Waals surface area contributed by atoms with Crippen LogP contribution in [-0.4, -0.2) is 54.5 Å². The van der Waals surface area contributed by atoms with E-state index in [2.05, 4.69) is 27.5 Å². The molecule has 4 rings (SSSR count). The number of hydrogen-bond acceptors (Lipinski definition) is 5. The second-order valence-electron chi connectivity index (χ2n) is 7.26. The van der Waals surface area contributed by atoms with Crippen molar-refractivity contribution in [3.63, 3.8) is 0 Å². The number of hydrogen-bond donors (Lipinski definition) is 1. The second kappa shape index (κ2) is 7.98. The van der Waals surface area contributed by atoms with Crippen molar-refractivity contribution in [3.05, 3.63) is 53.9 Å². The number of aromatic carboxylic acids is 1. The van der Waals surface area contributed by atoms with Crippen LogP contribution in [0.1, 0.15) is 58.9 Å². The van der Waals surface area contributed by atoms with Gasteiger partial charge in [-0.25, -0.2) is 19.7 Å². The highest BCUT2D eigenvalue weighted by Gasteiger charge is 2.31. The predicted octanol–water partition coefficient (Wildman–Crippen LogP) is 2.95. The van der Waals surface area contributed by atoms with Crippen LogP contribution in [0.5, 0.6) is 0 Å².